The monoisotopic (exact) mass is 245 g/mol. The van der Waals surface area contributed by atoms with Crippen molar-refractivity contribution in [2.75, 3.05) is 26.4 Å². The maximum absolute atomic E-state index is 11.5. The van der Waals surface area contributed by atoms with Crippen LogP contribution in [0, 0.1) is 0 Å². The molecule has 0 aliphatic carbocycles. The highest BCUT2D eigenvalue weighted by atomic mass is 16.5. The third-order valence-electron chi connectivity index (χ3n) is 2.09. The summed E-state index contributed by atoms with van der Waals surface area (Å²) >= 11 is 0. The molecule has 5 heteroatoms. The highest BCUT2D eigenvalue weighted by Crippen LogP contribution is 2.08. The summed E-state index contributed by atoms with van der Waals surface area (Å²) in [6.45, 7) is 8.38. The fourth-order valence-electron chi connectivity index (χ4n) is 1.24. The zero-order valence-corrected chi connectivity index (χ0v) is 11.2. The van der Waals surface area contributed by atoms with Crippen LogP contribution in [0.25, 0.3) is 0 Å². The first-order valence-electron chi connectivity index (χ1n) is 5.83. The van der Waals surface area contributed by atoms with E-state index in [-0.39, 0.29) is 30.4 Å². The molecule has 17 heavy (non-hydrogen) atoms. The van der Waals surface area contributed by atoms with Gasteiger partial charge in [-0.15, -0.1) is 0 Å². The second kappa shape index (κ2) is 8.20. The van der Waals surface area contributed by atoms with Gasteiger partial charge in [0.25, 0.3) is 0 Å². The van der Waals surface area contributed by atoms with E-state index < -0.39 is 0 Å². The van der Waals surface area contributed by atoms with Crippen LogP contribution in [-0.2, 0) is 19.1 Å². The van der Waals surface area contributed by atoms with Crippen molar-refractivity contribution in [2.45, 2.75) is 39.7 Å². The third-order valence-corrected chi connectivity index (χ3v) is 2.09. The predicted octanol–water partition coefficient (Wildman–Crippen LogP) is 0.913. The number of ether oxygens (including phenoxy) is 2. The first-order chi connectivity index (χ1) is 7.87. The summed E-state index contributed by atoms with van der Waals surface area (Å²) < 4.78 is 10.2. The normalized spacial score (nSPS) is 11.3. The summed E-state index contributed by atoms with van der Waals surface area (Å²) in [7, 11) is 0. The third kappa shape index (κ3) is 9.96. The first kappa shape index (κ1) is 16.1. The molecule has 0 heterocycles. The standard InChI is InChI=1S/C12H23NO4/c1-5-16-7-6-12(3,4)13-11(15)9-17-8-10(2)14/h5-9H2,1-4H3,(H,13,15). The van der Waals surface area contributed by atoms with Gasteiger partial charge in [-0.05, 0) is 34.1 Å². The Hall–Kier alpha value is -0.940. The van der Waals surface area contributed by atoms with E-state index in [4.69, 9.17) is 9.47 Å². The van der Waals surface area contributed by atoms with E-state index in [0.717, 1.165) is 6.42 Å². The lowest BCUT2D eigenvalue weighted by Gasteiger charge is -2.26. The number of ketones is 1. The molecule has 0 aliphatic rings. The molecule has 0 radical (unpaired) electrons. The topological polar surface area (TPSA) is 64.6 Å². The van der Waals surface area contributed by atoms with Crippen molar-refractivity contribution in [1.29, 1.82) is 0 Å². The van der Waals surface area contributed by atoms with Gasteiger partial charge in [0, 0.05) is 18.8 Å². The Bertz CT molecular complexity index is 251. The lowest BCUT2D eigenvalue weighted by molar-refractivity contribution is -0.130. The predicted molar refractivity (Wildman–Crippen MR) is 64.8 cm³/mol. The number of carbonyl (C=O) groups is 2. The Morgan fingerprint density at radius 1 is 1.18 bits per heavy atom. The first-order valence-corrected chi connectivity index (χ1v) is 5.83. The molecule has 0 aromatic rings. The van der Waals surface area contributed by atoms with Crippen LogP contribution in [0.3, 0.4) is 0 Å². The van der Waals surface area contributed by atoms with Crippen LogP contribution in [0.4, 0.5) is 0 Å². The fraction of sp³-hybridized carbons (Fsp3) is 0.833. The number of rotatable bonds is 9. The molecule has 0 aromatic heterocycles. The average molecular weight is 245 g/mol. The molecule has 5 nitrogen and oxygen atoms in total. The summed E-state index contributed by atoms with van der Waals surface area (Å²) in [5.41, 5.74) is -0.328. The molecule has 0 bridgehead atoms. The Balaban J connectivity index is 3.79. The smallest absolute Gasteiger partial charge is 0.246 e. The van der Waals surface area contributed by atoms with Gasteiger partial charge in [-0.2, -0.15) is 0 Å². The molecule has 0 unspecified atom stereocenters. The molecule has 0 fully saturated rings. The van der Waals surface area contributed by atoms with E-state index in [1.54, 1.807) is 0 Å². The SMILES string of the molecule is CCOCCC(C)(C)NC(=O)COCC(C)=O. The van der Waals surface area contributed by atoms with E-state index in [9.17, 15) is 9.59 Å². The number of nitrogens with one attached hydrogen (secondary N) is 1. The lowest BCUT2D eigenvalue weighted by Crippen LogP contribution is -2.45. The average Bonchev–Trinajstić information content (AvgIpc) is 2.16. The van der Waals surface area contributed by atoms with Crippen LogP contribution in [0.5, 0.6) is 0 Å². The van der Waals surface area contributed by atoms with Gasteiger partial charge >= 0.3 is 0 Å². The molecule has 1 N–H and O–H groups in total. The molecule has 0 saturated carbocycles. The van der Waals surface area contributed by atoms with Crippen LogP contribution >= 0.6 is 0 Å². The second-order valence-corrected chi connectivity index (χ2v) is 4.57. The molecular weight excluding hydrogens is 222 g/mol. The van der Waals surface area contributed by atoms with E-state index in [1.165, 1.54) is 6.92 Å². The molecule has 0 spiro atoms. The summed E-state index contributed by atoms with van der Waals surface area (Å²) in [6, 6.07) is 0. The Morgan fingerprint density at radius 3 is 2.35 bits per heavy atom. The van der Waals surface area contributed by atoms with Gasteiger partial charge in [-0.1, -0.05) is 0 Å². The molecule has 0 saturated heterocycles. The molecule has 0 rings (SSSR count). The molecule has 0 aromatic carbocycles. The number of amides is 1. The van der Waals surface area contributed by atoms with Gasteiger partial charge in [0.15, 0.2) is 5.78 Å². The van der Waals surface area contributed by atoms with Crippen molar-refractivity contribution in [1.82, 2.24) is 5.32 Å². The van der Waals surface area contributed by atoms with Crippen molar-refractivity contribution in [2.24, 2.45) is 0 Å². The minimum absolute atomic E-state index is 0.0210. The molecule has 100 valence electrons. The van der Waals surface area contributed by atoms with E-state index >= 15 is 0 Å². The van der Waals surface area contributed by atoms with Crippen molar-refractivity contribution in [3.63, 3.8) is 0 Å². The van der Waals surface area contributed by atoms with Crippen molar-refractivity contribution >= 4 is 11.7 Å². The zero-order valence-electron chi connectivity index (χ0n) is 11.2. The molecule has 0 aliphatic heterocycles. The highest BCUT2D eigenvalue weighted by molar-refractivity contribution is 5.79. The van der Waals surface area contributed by atoms with E-state index in [2.05, 4.69) is 5.32 Å². The Kier molecular flexibility index (Phi) is 7.74. The van der Waals surface area contributed by atoms with Crippen molar-refractivity contribution in [3.8, 4) is 0 Å². The van der Waals surface area contributed by atoms with Crippen LogP contribution < -0.4 is 5.32 Å². The number of carbonyl (C=O) groups excluding carboxylic acids is 2. The minimum Gasteiger partial charge on any atom is -0.382 e. The lowest BCUT2D eigenvalue weighted by atomic mass is 10.0. The summed E-state index contributed by atoms with van der Waals surface area (Å²) in [6.07, 6.45) is 0.735. The zero-order chi connectivity index (χ0) is 13.3. The fourth-order valence-corrected chi connectivity index (χ4v) is 1.24. The largest absolute Gasteiger partial charge is 0.382 e. The van der Waals surface area contributed by atoms with Crippen molar-refractivity contribution in [3.05, 3.63) is 0 Å². The van der Waals surface area contributed by atoms with Crippen LogP contribution in [0.1, 0.15) is 34.1 Å². The maximum Gasteiger partial charge on any atom is 0.246 e. The van der Waals surface area contributed by atoms with Gasteiger partial charge in [0.05, 0.1) is 0 Å². The van der Waals surface area contributed by atoms with Gasteiger partial charge in [-0.3, -0.25) is 9.59 Å². The maximum atomic E-state index is 11.5. The highest BCUT2D eigenvalue weighted by Gasteiger charge is 2.20. The molecule has 0 atom stereocenters. The van der Waals surface area contributed by atoms with Gasteiger partial charge in [0.2, 0.25) is 5.91 Å². The quantitative estimate of drug-likeness (QED) is 0.613. The Labute approximate surface area is 103 Å². The summed E-state index contributed by atoms with van der Waals surface area (Å²) in [5, 5.41) is 2.83. The summed E-state index contributed by atoms with van der Waals surface area (Å²) in [5.74, 6) is -0.304. The van der Waals surface area contributed by atoms with Gasteiger partial charge in [-0.25, -0.2) is 0 Å². The van der Waals surface area contributed by atoms with Gasteiger partial charge < -0.3 is 14.8 Å². The van der Waals surface area contributed by atoms with Gasteiger partial charge in [0.1, 0.15) is 13.2 Å². The summed E-state index contributed by atoms with van der Waals surface area (Å²) in [4.78, 5) is 22.1. The van der Waals surface area contributed by atoms with Crippen LogP contribution in [-0.4, -0.2) is 43.7 Å². The second-order valence-electron chi connectivity index (χ2n) is 4.57. The molecule has 1 amide bonds. The van der Waals surface area contributed by atoms with Crippen LogP contribution in [0.15, 0.2) is 0 Å². The molecular formula is C12H23NO4. The van der Waals surface area contributed by atoms with E-state index in [0.29, 0.717) is 13.2 Å². The Morgan fingerprint density at radius 2 is 1.82 bits per heavy atom. The van der Waals surface area contributed by atoms with E-state index in [1.807, 2.05) is 20.8 Å². The minimum atomic E-state index is -0.328. The van der Waals surface area contributed by atoms with Crippen molar-refractivity contribution < 1.29 is 19.1 Å². The number of hydrogen-bond donors (Lipinski definition) is 1. The van der Waals surface area contributed by atoms with Crippen LogP contribution in [0.2, 0.25) is 0 Å². The number of Topliss-reactive ketones (excluding diaryl/α,β-unsaturated/α-hetero) is 1. The number of hydrogen-bond acceptors (Lipinski definition) is 4.